The van der Waals surface area contributed by atoms with E-state index >= 15 is 0 Å². The number of rotatable bonds is 9. The van der Waals surface area contributed by atoms with Crippen molar-refractivity contribution in [2.45, 2.75) is 72.8 Å². The zero-order chi connectivity index (χ0) is 54.8. The second kappa shape index (κ2) is 24.5. The van der Waals surface area contributed by atoms with Crippen LogP contribution in [0.15, 0.2) is 60.7 Å². The van der Waals surface area contributed by atoms with Crippen molar-refractivity contribution in [3.8, 4) is 12.1 Å². The number of aryl methyl sites for hydroxylation is 4. The van der Waals surface area contributed by atoms with Crippen LogP contribution >= 0.6 is 81.2 Å². The minimum Gasteiger partial charge on any atom is -0.449 e. The molecule has 2 atom stereocenters. The summed E-state index contributed by atoms with van der Waals surface area (Å²) >= 11 is 36.8. The Morgan fingerprint density at radius 2 is 0.915 bits per heavy atom. The first-order chi connectivity index (χ1) is 32.2. The number of ether oxygens (including phenoxy) is 2. The van der Waals surface area contributed by atoms with Crippen LogP contribution in [0.2, 0.25) is 0 Å². The number of carbonyl (C=O) groups excluding carboxylic acids is 4. The van der Waals surface area contributed by atoms with Crippen molar-refractivity contribution in [2.75, 3.05) is 34.9 Å². The van der Waals surface area contributed by atoms with Gasteiger partial charge in [0.25, 0.3) is 11.8 Å². The van der Waals surface area contributed by atoms with E-state index in [-0.39, 0.29) is 73.9 Å². The lowest BCUT2D eigenvalue weighted by atomic mass is 9.92. The Balaban J connectivity index is 0.000000424. The zero-order valence-corrected chi connectivity index (χ0v) is 42.6. The quantitative estimate of drug-likeness (QED) is 0.0545. The average Bonchev–Trinajstić information content (AvgIpc) is 3.23. The number of benzene rings is 4. The number of nitriles is 2. The number of hydrogen-bond acceptors (Lipinski definition) is 9. The topological polar surface area (TPSA) is 196 Å². The molecule has 71 heavy (non-hydrogen) atoms. The molecule has 3 amide bonds. The van der Waals surface area contributed by atoms with E-state index in [2.05, 4.69) is 20.7 Å². The van der Waals surface area contributed by atoms with E-state index in [0.29, 0.717) is 13.8 Å². The molecule has 0 saturated heterocycles. The van der Waals surface area contributed by atoms with Crippen molar-refractivity contribution in [2.24, 2.45) is 0 Å². The van der Waals surface area contributed by atoms with Crippen LogP contribution in [0.5, 0.6) is 0 Å². The summed E-state index contributed by atoms with van der Waals surface area (Å²) in [6.45, 7) is 5.75. The van der Waals surface area contributed by atoms with Gasteiger partial charge in [-0.05, 0) is 111 Å². The molecular weight excluding hydrogens is 1110 g/mol. The molecule has 0 saturated carbocycles. The molecule has 2 unspecified atom stereocenters. The van der Waals surface area contributed by atoms with Crippen molar-refractivity contribution < 1.29 is 63.8 Å². The predicted molar refractivity (Wildman–Crippen MR) is 256 cm³/mol. The lowest BCUT2D eigenvalue weighted by Crippen LogP contribution is -2.35. The third-order valence-electron chi connectivity index (χ3n) is 9.32. The number of alkyl halides is 14. The van der Waals surface area contributed by atoms with Gasteiger partial charge in [0.05, 0.1) is 23.3 Å². The van der Waals surface area contributed by atoms with Gasteiger partial charge in [-0.2, -0.15) is 36.9 Å². The van der Waals surface area contributed by atoms with Gasteiger partial charge >= 0.3 is 23.9 Å². The number of nitrogen functional groups attached to an aromatic ring is 1. The number of anilines is 4. The molecule has 0 aliphatic heterocycles. The summed E-state index contributed by atoms with van der Waals surface area (Å²) < 4.78 is 112. The fourth-order valence-corrected chi connectivity index (χ4v) is 6.13. The molecule has 4 rings (SSSR count). The van der Waals surface area contributed by atoms with Gasteiger partial charge in [0.15, 0.2) is 0 Å². The highest BCUT2D eigenvalue weighted by molar-refractivity contribution is 6.68. The van der Waals surface area contributed by atoms with Gasteiger partial charge in [-0.25, -0.2) is 18.4 Å². The van der Waals surface area contributed by atoms with Crippen molar-refractivity contribution in [3.63, 3.8) is 0 Å². The number of halogens is 15. The molecule has 0 radical (unpaired) electrons. The number of nitrogens with zero attached hydrogens (tertiary/aromatic N) is 2. The Morgan fingerprint density at radius 3 is 1.24 bits per heavy atom. The number of amides is 3. The molecule has 12 nitrogen and oxygen atoms in total. The zero-order valence-electron chi connectivity index (χ0n) is 37.3. The average molecular weight is 1150 g/mol. The Bertz CT molecular complexity index is 2690. The molecule has 27 heteroatoms. The van der Waals surface area contributed by atoms with Gasteiger partial charge in [0.2, 0.25) is 18.9 Å². The van der Waals surface area contributed by atoms with Gasteiger partial charge in [-0.1, -0.05) is 93.9 Å². The molecule has 0 aliphatic rings. The maximum Gasteiger partial charge on any atom is 0.426 e. The summed E-state index contributed by atoms with van der Waals surface area (Å²) in [5, 5.41) is 25.6. The molecule has 0 aromatic heterocycles. The van der Waals surface area contributed by atoms with Gasteiger partial charge in [0.1, 0.15) is 13.2 Å². The van der Waals surface area contributed by atoms with E-state index in [0.717, 1.165) is 24.3 Å². The summed E-state index contributed by atoms with van der Waals surface area (Å²) in [4.78, 5) is 47.1. The molecule has 0 spiro atoms. The standard InChI is InChI=1S/C22H18Cl3F4N3O3.C19H17F4N3O.C3H2Cl4O2/c1-11-4-15(20(3,26)22(27,28)29)5-12(2)17(11)32-18(33)14-6-13(9-30)7-16(8-14)31-19(34)35-10-21(23,24)25;1-10-4-14(18(3,20)19(21,22)23)5-11(2)16(10)26-17(27)13-6-12(9-24)7-15(25)8-13;4-2(8)9-1-3(5,6)7/h4-8H,10H2,1-3H3,(H,31,34)(H,32,33);4-8H,25H2,1-3H3,(H,26,27);1H2. The lowest BCUT2D eigenvalue weighted by molar-refractivity contribution is -0.229. The van der Waals surface area contributed by atoms with Crippen LogP contribution in [-0.4, -0.2) is 56.5 Å². The van der Waals surface area contributed by atoms with E-state index in [1.807, 2.05) is 12.1 Å². The van der Waals surface area contributed by atoms with Crippen molar-refractivity contribution >= 4 is 127 Å². The highest BCUT2D eigenvalue weighted by Gasteiger charge is 2.54. The normalized spacial score (nSPS) is 13.2. The smallest absolute Gasteiger partial charge is 0.426 e. The first kappa shape index (κ1) is 61.9. The van der Waals surface area contributed by atoms with Gasteiger partial charge in [0, 0.05) is 45.5 Å². The van der Waals surface area contributed by atoms with Crippen molar-refractivity contribution in [3.05, 3.63) is 116 Å². The second-order valence-corrected chi connectivity index (χ2v) is 20.5. The number of hydrogen-bond donors (Lipinski definition) is 4. The van der Waals surface area contributed by atoms with Crippen LogP contribution in [0.4, 0.5) is 67.5 Å². The molecule has 384 valence electrons. The number of nitrogens with two attached hydrogens (primary N) is 1. The lowest BCUT2D eigenvalue weighted by Gasteiger charge is -2.25. The van der Waals surface area contributed by atoms with Gasteiger partial charge < -0.3 is 25.8 Å². The molecule has 0 bridgehead atoms. The largest absolute Gasteiger partial charge is 0.449 e. The van der Waals surface area contributed by atoms with Crippen LogP contribution in [-0.2, 0) is 20.8 Å². The molecule has 0 heterocycles. The molecular formula is C44H37Cl7F8N6O6. The fraction of sp³-hybridized carbons (Fsp3) is 0.318. The molecule has 5 N–H and O–H groups in total. The van der Waals surface area contributed by atoms with Crippen LogP contribution in [0.1, 0.15) is 79.1 Å². The van der Waals surface area contributed by atoms with Crippen molar-refractivity contribution in [1.82, 2.24) is 0 Å². The maximum absolute atomic E-state index is 14.4. The summed E-state index contributed by atoms with van der Waals surface area (Å²) in [6, 6.07) is 15.6. The van der Waals surface area contributed by atoms with Crippen LogP contribution < -0.4 is 21.7 Å². The Labute approximate surface area is 435 Å². The van der Waals surface area contributed by atoms with Crippen LogP contribution in [0.3, 0.4) is 0 Å². The summed E-state index contributed by atoms with van der Waals surface area (Å²) in [7, 11) is 0. The maximum atomic E-state index is 14.4. The first-order valence-electron chi connectivity index (χ1n) is 19.4. The van der Waals surface area contributed by atoms with E-state index in [4.69, 9.17) is 96.9 Å². The number of nitrogens with one attached hydrogen (secondary N) is 3. The van der Waals surface area contributed by atoms with Crippen LogP contribution in [0.25, 0.3) is 0 Å². The Hall–Kier alpha value is -5.19. The Kier molecular flexibility index (Phi) is 21.4. The van der Waals surface area contributed by atoms with E-state index < -0.39 is 72.3 Å². The molecule has 4 aromatic rings. The SMILES string of the molecule is Cc1cc(C(C)(F)C(F)(F)F)cc(C)c1NC(=O)c1cc(C#N)cc(NC(=O)OCC(Cl)(Cl)Cl)c1.Cc1cc(C(C)(F)C(F)(F)F)cc(C)c1NC(=O)c1cc(N)cc(C#N)c1.O=C(Cl)OCC(Cl)(Cl)Cl. The minimum absolute atomic E-state index is 0.0106. The van der Waals surface area contributed by atoms with Gasteiger partial charge in [-0.15, -0.1) is 0 Å². The second-order valence-electron chi connectivity index (χ2n) is 15.2. The molecule has 4 aromatic carbocycles. The summed E-state index contributed by atoms with van der Waals surface area (Å²) in [5.74, 6) is -1.32. The van der Waals surface area contributed by atoms with E-state index in [1.54, 1.807) is 0 Å². The predicted octanol–water partition coefficient (Wildman–Crippen LogP) is 14.6. The van der Waals surface area contributed by atoms with E-state index in [1.165, 1.54) is 64.1 Å². The fourth-order valence-electron chi connectivity index (χ4n) is 5.74. The van der Waals surface area contributed by atoms with Crippen molar-refractivity contribution in [1.29, 1.82) is 10.5 Å². The first-order valence-corrected chi connectivity index (χ1v) is 22.0. The highest BCUT2D eigenvalue weighted by Crippen LogP contribution is 2.45. The Morgan fingerprint density at radius 1 is 0.563 bits per heavy atom. The molecule has 0 aliphatic carbocycles. The highest BCUT2D eigenvalue weighted by atomic mass is 35.6. The third kappa shape index (κ3) is 18.7. The van der Waals surface area contributed by atoms with Crippen LogP contribution in [0, 0.1) is 50.4 Å². The summed E-state index contributed by atoms with van der Waals surface area (Å²) in [6.07, 6.45) is -11.2. The monoisotopic (exact) mass is 1140 g/mol. The van der Waals surface area contributed by atoms with Gasteiger partial charge in [-0.3, -0.25) is 14.9 Å². The minimum atomic E-state index is -5.13. The number of carbonyl (C=O) groups is 4. The third-order valence-corrected chi connectivity index (χ3v) is 10.1. The molecule has 0 fully saturated rings. The van der Waals surface area contributed by atoms with E-state index in [9.17, 15) is 59.6 Å². The summed E-state index contributed by atoms with van der Waals surface area (Å²) in [5.41, 5.74) is -1.71.